The van der Waals surface area contributed by atoms with Gasteiger partial charge in [0.1, 0.15) is 6.10 Å². The Kier molecular flexibility index (Phi) is 14.8. The van der Waals surface area contributed by atoms with Crippen LogP contribution < -0.4 is 0 Å². The molecule has 1 saturated heterocycles. The molecule has 1 saturated carbocycles. The van der Waals surface area contributed by atoms with Crippen molar-refractivity contribution in [3.8, 4) is 0 Å². The number of unbranched alkanes of at least 4 members (excludes halogenated alkanes) is 3. The number of hydrogen-bond donors (Lipinski definition) is 0. The predicted molar refractivity (Wildman–Crippen MR) is 143 cm³/mol. The zero-order valence-electron chi connectivity index (χ0n) is 23.3. The lowest BCUT2D eigenvalue weighted by molar-refractivity contribution is -0.193. The Hall–Kier alpha value is -1.99. The molecule has 6 unspecified atom stereocenters. The molecule has 1 aliphatic carbocycles. The minimum atomic E-state index is -0.352. The van der Waals surface area contributed by atoms with Crippen LogP contribution in [0.15, 0.2) is 24.3 Å². The molecule has 0 radical (unpaired) electrons. The molecule has 37 heavy (non-hydrogen) atoms. The maximum Gasteiger partial charge on any atom is 0.330 e. The molecule has 0 spiro atoms. The summed E-state index contributed by atoms with van der Waals surface area (Å²) in [5, 5.41) is 0. The highest BCUT2D eigenvalue weighted by Gasteiger charge is 2.45. The van der Waals surface area contributed by atoms with Crippen molar-refractivity contribution in [3.05, 3.63) is 24.3 Å². The first-order chi connectivity index (χ1) is 17.8. The SMILES string of the molecule is CCCCC(C)CC(=O)C=CC1C(OC2CCCCO2)CC(OC(C)=O)C1CCCCC=CC(=O)OC. The van der Waals surface area contributed by atoms with Crippen LogP contribution >= 0.6 is 0 Å². The summed E-state index contributed by atoms with van der Waals surface area (Å²) in [6.07, 6.45) is 17.2. The quantitative estimate of drug-likeness (QED) is 0.138. The molecule has 1 heterocycles. The zero-order chi connectivity index (χ0) is 27.0. The molecule has 7 heteroatoms. The number of rotatable bonds is 16. The van der Waals surface area contributed by atoms with Crippen molar-refractivity contribution in [2.75, 3.05) is 13.7 Å². The second-order valence-corrected chi connectivity index (χ2v) is 10.6. The fourth-order valence-corrected chi connectivity index (χ4v) is 5.41. The van der Waals surface area contributed by atoms with Gasteiger partial charge < -0.3 is 18.9 Å². The van der Waals surface area contributed by atoms with E-state index in [2.05, 4.69) is 18.6 Å². The predicted octanol–water partition coefficient (Wildman–Crippen LogP) is 6.10. The minimum Gasteiger partial charge on any atom is -0.466 e. The number of esters is 2. The van der Waals surface area contributed by atoms with Crippen molar-refractivity contribution in [1.29, 1.82) is 0 Å². The summed E-state index contributed by atoms with van der Waals surface area (Å²) in [4.78, 5) is 36.0. The van der Waals surface area contributed by atoms with Crippen LogP contribution in [0.1, 0.15) is 97.8 Å². The maximum absolute atomic E-state index is 12.8. The summed E-state index contributed by atoms with van der Waals surface area (Å²) in [6.45, 7) is 6.44. The van der Waals surface area contributed by atoms with Crippen LogP contribution in [0, 0.1) is 17.8 Å². The number of ether oxygens (including phenoxy) is 4. The highest BCUT2D eigenvalue weighted by molar-refractivity contribution is 5.89. The molecule has 0 N–H and O–H groups in total. The summed E-state index contributed by atoms with van der Waals surface area (Å²) in [6, 6.07) is 0. The van der Waals surface area contributed by atoms with Crippen LogP contribution in [0.5, 0.6) is 0 Å². The van der Waals surface area contributed by atoms with E-state index in [9.17, 15) is 14.4 Å². The van der Waals surface area contributed by atoms with E-state index in [1.54, 1.807) is 6.08 Å². The van der Waals surface area contributed by atoms with Crippen molar-refractivity contribution in [1.82, 2.24) is 0 Å². The molecule has 0 aromatic rings. The summed E-state index contributed by atoms with van der Waals surface area (Å²) in [7, 11) is 1.36. The third-order valence-electron chi connectivity index (χ3n) is 7.37. The Morgan fingerprint density at radius 2 is 1.89 bits per heavy atom. The summed E-state index contributed by atoms with van der Waals surface area (Å²) in [5.74, 6) is -0.118. The number of hydrogen-bond acceptors (Lipinski definition) is 7. The van der Waals surface area contributed by atoms with Crippen LogP contribution in [0.3, 0.4) is 0 Å². The Morgan fingerprint density at radius 3 is 2.57 bits per heavy atom. The number of ketones is 1. The van der Waals surface area contributed by atoms with Gasteiger partial charge in [-0.2, -0.15) is 0 Å². The topological polar surface area (TPSA) is 88.1 Å². The third kappa shape index (κ3) is 11.9. The lowest BCUT2D eigenvalue weighted by Crippen LogP contribution is -2.30. The molecule has 0 amide bonds. The number of carbonyl (C=O) groups is 3. The maximum atomic E-state index is 12.8. The van der Waals surface area contributed by atoms with Crippen molar-refractivity contribution in [2.45, 2.75) is 116 Å². The number of carbonyl (C=O) groups excluding carboxylic acids is 3. The van der Waals surface area contributed by atoms with Crippen LogP contribution in [0.2, 0.25) is 0 Å². The van der Waals surface area contributed by atoms with Crippen molar-refractivity contribution < 1.29 is 33.3 Å². The van der Waals surface area contributed by atoms with Gasteiger partial charge >= 0.3 is 11.9 Å². The summed E-state index contributed by atoms with van der Waals surface area (Å²) >= 11 is 0. The van der Waals surface area contributed by atoms with Gasteiger partial charge in [0.05, 0.1) is 13.2 Å². The van der Waals surface area contributed by atoms with Gasteiger partial charge in [0, 0.05) is 44.3 Å². The van der Waals surface area contributed by atoms with Crippen LogP contribution in [0.25, 0.3) is 0 Å². The van der Waals surface area contributed by atoms with E-state index < -0.39 is 0 Å². The van der Waals surface area contributed by atoms with Gasteiger partial charge in [0.15, 0.2) is 12.1 Å². The molecule has 0 bridgehead atoms. The lowest BCUT2D eigenvalue weighted by Gasteiger charge is -2.29. The highest BCUT2D eigenvalue weighted by atomic mass is 16.7. The molecule has 2 rings (SSSR count). The van der Waals surface area contributed by atoms with E-state index >= 15 is 0 Å². The first-order valence-corrected chi connectivity index (χ1v) is 14.2. The average molecular weight is 521 g/mol. The van der Waals surface area contributed by atoms with Crippen molar-refractivity contribution in [3.63, 3.8) is 0 Å². The minimum absolute atomic E-state index is 0.0321. The van der Waals surface area contributed by atoms with E-state index in [4.69, 9.17) is 14.2 Å². The van der Waals surface area contributed by atoms with E-state index in [0.29, 0.717) is 25.4 Å². The van der Waals surface area contributed by atoms with Gasteiger partial charge in [-0.25, -0.2) is 4.79 Å². The molecule has 2 aliphatic rings. The number of allylic oxidation sites excluding steroid dienone is 2. The largest absolute Gasteiger partial charge is 0.466 e. The van der Waals surface area contributed by atoms with Gasteiger partial charge in [0.2, 0.25) is 0 Å². The van der Waals surface area contributed by atoms with Gasteiger partial charge in [-0.1, -0.05) is 51.7 Å². The van der Waals surface area contributed by atoms with Gasteiger partial charge in [-0.05, 0) is 50.5 Å². The van der Waals surface area contributed by atoms with Gasteiger partial charge in [0.25, 0.3) is 0 Å². The molecule has 7 nitrogen and oxygen atoms in total. The molecule has 0 aromatic heterocycles. The molecular weight excluding hydrogens is 472 g/mol. The summed E-state index contributed by atoms with van der Waals surface area (Å²) < 4.78 is 22.7. The second-order valence-electron chi connectivity index (χ2n) is 10.6. The van der Waals surface area contributed by atoms with Crippen molar-refractivity contribution in [2.24, 2.45) is 17.8 Å². The van der Waals surface area contributed by atoms with Gasteiger partial charge in [-0.15, -0.1) is 0 Å². The first-order valence-electron chi connectivity index (χ1n) is 14.2. The zero-order valence-corrected chi connectivity index (χ0v) is 23.3. The molecule has 6 atom stereocenters. The fourth-order valence-electron chi connectivity index (χ4n) is 5.41. The molecule has 0 aromatic carbocycles. The Labute approximate surface area is 223 Å². The first kappa shape index (κ1) is 31.2. The molecule has 2 fully saturated rings. The standard InChI is InChI=1S/C30H48O7/c1-5-6-13-22(2)20-24(32)17-18-26-25(14-9-7-8-10-15-29(33)34-4)27(36-23(3)31)21-28(26)37-30-16-11-12-19-35-30/h10,15,17-18,22,25-28,30H,5-9,11-14,16,19-21H2,1-4H3. The van der Waals surface area contributed by atoms with Crippen LogP contribution in [-0.4, -0.2) is 49.9 Å². The molecular formula is C30H48O7. The van der Waals surface area contributed by atoms with Gasteiger partial charge in [-0.3, -0.25) is 9.59 Å². The monoisotopic (exact) mass is 520 g/mol. The van der Waals surface area contributed by atoms with E-state index in [1.165, 1.54) is 20.1 Å². The average Bonchev–Trinajstić information content (AvgIpc) is 3.18. The summed E-state index contributed by atoms with van der Waals surface area (Å²) in [5.41, 5.74) is 0. The third-order valence-corrected chi connectivity index (χ3v) is 7.37. The smallest absolute Gasteiger partial charge is 0.330 e. The Bertz CT molecular complexity index is 753. The van der Waals surface area contributed by atoms with E-state index in [0.717, 1.165) is 64.2 Å². The normalized spacial score (nSPS) is 27.0. The number of methoxy groups -OCH3 is 1. The van der Waals surface area contributed by atoms with Crippen LogP contribution in [-0.2, 0) is 33.3 Å². The Balaban J connectivity index is 2.10. The highest BCUT2D eigenvalue weighted by Crippen LogP contribution is 2.41. The fraction of sp³-hybridized carbons (Fsp3) is 0.767. The Morgan fingerprint density at radius 1 is 1.08 bits per heavy atom. The van der Waals surface area contributed by atoms with E-state index in [1.807, 2.05) is 12.2 Å². The van der Waals surface area contributed by atoms with Crippen molar-refractivity contribution >= 4 is 17.7 Å². The van der Waals surface area contributed by atoms with Crippen LogP contribution in [0.4, 0.5) is 0 Å². The molecule has 210 valence electrons. The second kappa shape index (κ2) is 17.5. The van der Waals surface area contributed by atoms with E-state index in [-0.39, 0.29) is 48.1 Å². The lowest BCUT2D eigenvalue weighted by atomic mass is 9.87. The molecule has 1 aliphatic heterocycles.